The number of pyridine rings is 1. The monoisotopic (exact) mass is 298 g/mol. The summed E-state index contributed by atoms with van der Waals surface area (Å²) in [5.74, 6) is -0.331. The average Bonchev–Trinajstić information content (AvgIpc) is 2.26. The van der Waals surface area contributed by atoms with Crippen molar-refractivity contribution in [1.82, 2.24) is 4.98 Å². The SMILES string of the molecule is COCc1cc(N)c2c(Br)c(F)cc(C)c2n1. The van der Waals surface area contributed by atoms with Crippen LogP contribution in [0.25, 0.3) is 10.9 Å². The fourth-order valence-corrected chi connectivity index (χ4v) is 2.33. The number of hydrogen-bond acceptors (Lipinski definition) is 3. The lowest BCUT2D eigenvalue weighted by atomic mass is 10.1. The van der Waals surface area contributed by atoms with Crippen molar-refractivity contribution >= 4 is 32.5 Å². The summed E-state index contributed by atoms with van der Waals surface area (Å²) in [7, 11) is 1.59. The normalized spacial score (nSPS) is 11.1. The molecule has 0 bridgehead atoms. The van der Waals surface area contributed by atoms with Crippen molar-refractivity contribution in [3.8, 4) is 0 Å². The molecule has 0 aliphatic heterocycles. The van der Waals surface area contributed by atoms with Crippen molar-refractivity contribution in [1.29, 1.82) is 0 Å². The highest BCUT2D eigenvalue weighted by Gasteiger charge is 2.13. The van der Waals surface area contributed by atoms with Gasteiger partial charge >= 0.3 is 0 Å². The quantitative estimate of drug-likeness (QED) is 0.926. The number of ether oxygens (including phenoxy) is 1. The minimum Gasteiger partial charge on any atom is -0.398 e. The number of hydrogen-bond donors (Lipinski definition) is 1. The Morgan fingerprint density at radius 3 is 2.82 bits per heavy atom. The maximum absolute atomic E-state index is 13.6. The van der Waals surface area contributed by atoms with Crippen LogP contribution in [0.15, 0.2) is 16.6 Å². The van der Waals surface area contributed by atoms with E-state index >= 15 is 0 Å². The topological polar surface area (TPSA) is 48.1 Å². The summed E-state index contributed by atoms with van der Waals surface area (Å²) in [5, 5.41) is 0.613. The van der Waals surface area contributed by atoms with Gasteiger partial charge < -0.3 is 10.5 Å². The Kier molecular flexibility index (Phi) is 3.31. The van der Waals surface area contributed by atoms with Crippen LogP contribution in [0.1, 0.15) is 11.3 Å². The summed E-state index contributed by atoms with van der Waals surface area (Å²) >= 11 is 3.20. The molecule has 0 saturated heterocycles. The van der Waals surface area contributed by atoms with Crippen LogP contribution in [0.2, 0.25) is 0 Å². The van der Waals surface area contributed by atoms with Crippen LogP contribution in [0.5, 0.6) is 0 Å². The predicted molar refractivity (Wildman–Crippen MR) is 69.3 cm³/mol. The molecule has 0 amide bonds. The molecule has 0 fully saturated rings. The number of nitrogen functional groups attached to an aromatic ring is 1. The number of nitrogens with two attached hydrogens (primary N) is 1. The zero-order valence-electron chi connectivity index (χ0n) is 9.55. The minimum atomic E-state index is -0.331. The van der Waals surface area contributed by atoms with E-state index in [1.165, 1.54) is 6.07 Å². The number of fused-ring (bicyclic) bond motifs is 1. The van der Waals surface area contributed by atoms with Gasteiger partial charge in [-0.15, -0.1) is 0 Å². The number of benzene rings is 1. The van der Waals surface area contributed by atoms with Crippen LogP contribution < -0.4 is 5.73 Å². The van der Waals surface area contributed by atoms with Crippen molar-refractivity contribution in [3.05, 3.63) is 33.7 Å². The summed E-state index contributed by atoms with van der Waals surface area (Å²) in [6.45, 7) is 2.19. The highest BCUT2D eigenvalue weighted by molar-refractivity contribution is 9.10. The zero-order valence-corrected chi connectivity index (χ0v) is 11.1. The molecule has 2 aromatic rings. The maximum Gasteiger partial charge on any atom is 0.138 e. The molecule has 2 rings (SSSR count). The van der Waals surface area contributed by atoms with E-state index in [9.17, 15) is 4.39 Å². The fourth-order valence-electron chi connectivity index (χ4n) is 1.80. The second-order valence-electron chi connectivity index (χ2n) is 3.85. The molecule has 0 saturated carbocycles. The Morgan fingerprint density at radius 1 is 1.47 bits per heavy atom. The van der Waals surface area contributed by atoms with Gasteiger partial charge in [-0.3, -0.25) is 0 Å². The van der Waals surface area contributed by atoms with Crippen LogP contribution in [0, 0.1) is 12.7 Å². The maximum atomic E-state index is 13.6. The third kappa shape index (κ3) is 2.12. The van der Waals surface area contributed by atoms with E-state index in [2.05, 4.69) is 20.9 Å². The van der Waals surface area contributed by atoms with Gasteiger partial charge in [0.2, 0.25) is 0 Å². The molecule has 0 spiro atoms. The Bertz CT molecular complexity index is 586. The number of halogens is 2. The van der Waals surface area contributed by atoms with E-state index in [4.69, 9.17) is 10.5 Å². The zero-order chi connectivity index (χ0) is 12.6. The third-order valence-corrected chi connectivity index (χ3v) is 3.32. The number of anilines is 1. The molecule has 0 unspecified atom stereocenters. The lowest BCUT2D eigenvalue weighted by Gasteiger charge is -2.10. The lowest BCUT2D eigenvalue weighted by Crippen LogP contribution is -2.00. The third-order valence-electron chi connectivity index (χ3n) is 2.54. The van der Waals surface area contributed by atoms with E-state index in [0.29, 0.717) is 27.7 Å². The van der Waals surface area contributed by atoms with E-state index < -0.39 is 0 Å². The van der Waals surface area contributed by atoms with Gasteiger partial charge in [0.25, 0.3) is 0 Å². The second kappa shape index (κ2) is 4.58. The molecule has 1 aromatic heterocycles. The largest absolute Gasteiger partial charge is 0.398 e. The van der Waals surface area contributed by atoms with Crippen LogP contribution in [-0.2, 0) is 11.3 Å². The molecule has 3 nitrogen and oxygen atoms in total. The first-order chi connectivity index (χ1) is 8.04. The van der Waals surface area contributed by atoms with Crippen LogP contribution in [0.4, 0.5) is 10.1 Å². The first-order valence-corrected chi connectivity index (χ1v) is 5.86. The molecule has 2 N–H and O–H groups in total. The van der Waals surface area contributed by atoms with Gasteiger partial charge in [-0.25, -0.2) is 9.37 Å². The molecule has 5 heteroatoms. The summed E-state index contributed by atoms with van der Waals surface area (Å²) in [5.41, 5.74) is 8.62. The Labute approximate surface area is 107 Å². The van der Waals surface area contributed by atoms with E-state index in [1.54, 1.807) is 20.1 Å². The van der Waals surface area contributed by atoms with Crippen LogP contribution in [-0.4, -0.2) is 12.1 Å². The number of aromatic nitrogens is 1. The second-order valence-corrected chi connectivity index (χ2v) is 4.64. The van der Waals surface area contributed by atoms with Crippen molar-refractivity contribution in [2.75, 3.05) is 12.8 Å². The fraction of sp³-hybridized carbons (Fsp3) is 0.250. The summed E-state index contributed by atoms with van der Waals surface area (Å²) < 4.78 is 19.0. The van der Waals surface area contributed by atoms with Gasteiger partial charge in [0.05, 0.1) is 22.3 Å². The Balaban J connectivity index is 2.81. The van der Waals surface area contributed by atoms with Gasteiger partial charge in [-0.05, 0) is 40.5 Å². The number of aryl methyl sites for hydroxylation is 1. The molecular weight excluding hydrogens is 287 g/mol. The minimum absolute atomic E-state index is 0.331. The summed E-state index contributed by atoms with van der Waals surface area (Å²) in [6.07, 6.45) is 0. The van der Waals surface area contributed by atoms with E-state index in [1.807, 2.05) is 0 Å². The summed E-state index contributed by atoms with van der Waals surface area (Å²) in [6, 6.07) is 3.14. The van der Waals surface area contributed by atoms with Crippen molar-refractivity contribution in [3.63, 3.8) is 0 Å². The molecule has 1 heterocycles. The molecule has 0 aliphatic carbocycles. The van der Waals surface area contributed by atoms with Gasteiger partial charge in [0.15, 0.2) is 0 Å². The van der Waals surface area contributed by atoms with E-state index in [-0.39, 0.29) is 5.82 Å². The van der Waals surface area contributed by atoms with Gasteiger partial charge in [-0.1, -0.05) is 0 Å². The molecule has 90 valence electrons. The first kappa shape index (κ1) is 12.3. The van der Waals surface area contributed by atoms with Crippen molar-refractivity contribution < 1.29 is 9.13 Å². The molecule has 0 atom stereocenters. The van der Waals surface area contributed by atoms with Crippen LogP contribution in [0.3, 0.4) is 0 Å². The summed E-state index contributed by atoms with van der Waals surface area (Å²) in [4.78, 5) is 4.43. The average molecular weight is 299 g/mol. The van der Waals surface area contributed by atoms with Crippen molar-refractivity contribution in [2.45, 2.75) is 13.5 Å². The predicted octanol–water partition coefficient (Wildman–Crippen LogP) is 3.17. The molecule has 0 radical (unpaired) electrons. The highest BCUT2D eigenvalue weighted by atomic mass is 79.9. The molecule has 17 heavy (non-hydrogen) atoms. The molecule has 1 aromatic carbocycles. The van der Waals surface area contributed by atoms with E-state index in [0.717, 1.165) is 11.3 Å². The number of methoxy groups -OCH3 is 1. The number of nitrogens with zero attached hydrogens (tertiary/aromatic N) is 1. The standard InChI is InChI=1S/C12H12BrFN2O/c1-6-3-8(14)11(13)10-9(15)4-7(5-17-2)16-12(6)10/h3-4H,5H2,1-2H3,(H2,15,16). The van der Waals surface area contributed by atoms with Gasteiger partial charge in [0, 0.05) is 18.2 Å². The molecule has 0 aliphatic rings. The highest BCUT2D eigenvalue weighted by Crippen LogP contribution is 2.33. The lowest BCUT2D eigenvalue weighted by molar-refractivity contribution is 0.182. The van der Waals surface area contributed by atoms with Crippen LogP contribution >= 0.6 is 15.9 Å². The van der Waals surface area contributed by atoms with Gasteiger partial charge in [0.1, 0.15) is 5.82 Å². The molecular formula is C12H12BrFN2O. The Hall–Kier alpha value is -1.20. The van der Waals surface area contributed by atoms with Gasteiger partial charge in [-0.2, -0.15) is 0 Å². The van der Waals surface area contributed by atoms with Crippen molar-refractivity contribution in [2.24, 2.45) is 0 Å². The number of rotatable bonds is 2. The Morgan fingerprint density at radius 2 is 2.18 bits per heavy atom. The first-order valence-electron chi connectivity index (χ1n) is 5.07. The smallest absolute Gasteiger partial charge is 0.138 e.